The SMILES string of the molecule is CCNCc1ccccc1C(=O)O. The number of carbonyl (C=O) groups is 1. The first-order valence-corrected chi connectivity index (χ1v) is 4.27. The maximum atomic E-state index is 10.8. The van der Waals surface area contributed by atoms with Gasteiger partial charge in [-0.2, -0.15) is 0 Å². The second-order valence-corrected chi connectivity index (χ2v) is 2.74. The summed E-state index contributed by atoms with van der Waals surface area (Å²) in [4.78, 5) is 10.8. The molecule has 0 radical (unpaired) electrons. The van der Waals surface area contributed by atoms with Crippen LogP contribution in [0.1, 0.15) is 22.8 Å². The lowest BCUT2D eigenvalue weighted by atomic mass is 10.1. The maximum absolute atomic E-state index is 10.8. The van der Waals surface area contributed by atoms with E-state index >= 15 is 0 Å². The lowest BCUT2D eigenvalue weighted by molar-refractivity contribution is 0.0695. The highest BCUT2D eigenvalue weighted by Crippen LogP contribution is 2.07. The smallest absolute Gasteiger partial charge is 0.336 e. The van der Waals surface area contributed by atoms with Crippen LogP contribution in [-0.4, -0.2) is 17.6 Å². The Morgan fingerprint density at radius 2 is 2.15 bits per heavy atom. The molecule has 0 fully saturated rings. The third-order valence-corrected chi connectivity index (χ3v) is 1.81. The van der Waals surface area contributed by atoms with Crippen molar-refractivity contribution in [3.8, 4) is 0 Å². The molecule has 1 rings (SSSR count). The number of nitrogens with one attached hydrogen (secondary N) is 1. The van der Waals surface area contributed by atoms with Crippen molar-refractivity contribution in [3.05, 3.63) is 35.4 Å². The molecule has 0 spiro atoms. The summed E-state index contributed by atoms with van der Waals surface area (Å²) in [5.41, 5.74) is 1.21. The summed E-state index contributed by atoms with van der Waals surface area (Å²) in [5, 5.41) is 11.9. The summed E-state index contributed by atoms with van der Waals surface area (Å²) in [6.45, 7) is 3.44. The molecule has 0 heterocycles. The predicted molar refractivity (Wildman–Crippen MR) is 50.8 cm³/mol. The molecule has 0 unspecified atom stereocenters. The van der Waals surface area contributed by atoms with Gasteiger partial charge in [0.1, 0.15) is 0 Å². The molecule has 0 aliphatic carbocycles. The summed E-state index contributed by atoms with van der Waals surface area (Å²) < 4.78 is 0. The van der Waals surface area contributed by atoms with Crippen molar-refractivity contribution in [3.63, 3.8) is 0 Å². The van der Waals surface area contributed by atoms with Crippen LogP contribution in [0.15, 0.2) is 24.3 Å². The van der Waals surface area contributed by atoms with Gasteiger partial charge >= 0.3 is 5.97 Å². The van der Waals surface area contributed by atoms with E-state index in [1.165, 1.54) is 0 Å². The zero-order chi connectivity index (χ0) is 9.68. The first-order valence-electron chi connectivity index (χ1n) is 4.27. The van der Waals surface area contributed by atoms with Crippen molar-refractivity contribution < 1.29 is 9.90 Å². The number of hydrogen-bond acceptors (Lipinski definition) is 2. The van der Waals surface area contributed by atoms with Crippen LogP contribution in [0.3, 0.4) is 0 Å². The predicted octanol–water partition coefficient (Wildman–Crippen LogP) is 1.49. The summed E-state index contributed by atoms with van der Waals surface area (Å²) in [5.74, 6) is -0.867. The van der Waals surface area contributed by atoms with Crippen molar-refractivity contribution in [1.82, 2.24) is 5.32 Å². The summed E-state index contributed by atoms with van der Waals surface area (Å²) in [7, 11) is 0. The summed E-state index contributed by atoms with van der Waals surface area (Å²) in [6.07, 6.45) is 0. The number of carboxylic acid groups (broad SMARTS) is 1. The molecule has 0 aliphatic heterocycles. The van der Waals surface area contributed by atoms with E-state index in [0.29, 0.717) is 12.1 Å². The molecular weight excluding hydrogens is 166 g/mol. The zero-order valence-corrected chi connectivity index (χ0v) is 7.58. The van der Waals surface area contributed by atoms with E-state index in [9.17, 15) is 4.79 Å². The minimum atomic E-state index is -0.867. The molecule has 0 saturated carbocycles. The van der Waals surface area contributed by atoms with E-state index < -0.39 is 5.97 Å². The molecule has 0 saturated heterocycles. The molecule has 0 aromatic heterocycles. The van der Waals surface area contributed by atoms with Crippen molar-refractivity contribution in [1.29, 1.82) is 0 Å². The minimum absolute atomic E-state index is 0.378. The highest BCUT2D eigenvalue weighted by molar-refractivity contribution is 5.89. The van der Waals surface area contributed by atoms with E-state index in [1.54, 1.807) is 12.1 Å². The molecule has 0 bridgehead atoms. The second kappa shape index (κ2) is 4.62. The largest absolute Gasteiger partial charge is 0.478 e. The Bertz CT molecular complexity index is 297. The van der Waals surface area contributed by atoms with Crippen LogP contribution in [0.2, 0.25) is 0 Å². The molecule has 0 atom stereocenters. The van der Waals surface area contributed by atoms with Crippen molar-refractivity contribution >= 4 is 5.97 Å². The van der Waals surface area contributed by atoms with Gasteiger partial charge < -0.3 is 10.4 Å². The lowest BCUT2D eigenvalue weighted by Crippen LogP contribution is -2.14. The van der Waals surface area contributed by atoms with Crippen LogP contribution >= 0.6 is 0 Å². The third-order valence-electron chi connectivity index (χ3n) is 1.81. The van der Waals surface area contributed by atoms with Gasteiger partial charge in [-0.1, -0.05) is 25.1 Å². The van der Waals surface area contributed by atoms with Crippen LogP contribution in [-0.2, 0) is 6.54 Å². The van der Waals surface area contributed by atoms with E-state index in [2.05, 4.69) is 5.32 Å². The van der Waals surface area contributed by atoms with E-state index in [-0.39, 0.29) is 0 Å². The van der Waals surface area contributed by atoms with E-state index in [4.69, 9.17) is 5.11 Å². The van der Waals surface area contributed by atoms with Gasteiger partial charge in [0.05, 0.1) is 5.56 Å². The monoisotopic (exact) mass is 179 g/mol. The average Bonchev–Trinajstić information content (AvgIpc) is 2.15. The zero-order valence-electron chi connectivity index (χ0n) is 7.58. The highest BCUT2D eigenvalue weighted by Gasteiger charge is 2.07. The molecule has 1 aromatic carbocycles. The number of benzene rings is 1. The maximum Gasteiger partial charge on any atom is 0.336 e. The van der Waals surface area contributed by atoms with Gasteiger partial charge in [-0.15, -0.1) is 0 Å². The summed E-state index contributed by atoms with van der Waals surface area (Å²) >= 11 is 0. The average molecular weight is 179 g/mol. The molecule has 3 nitrogen and oxygen atoms in total. The van der Waals surface area contributed by atoms with Crippen molar-refractivity contribution in [2.75, 3.05) is 6.54 Å². The van der Waals surface area contributed by atoms with Crippen LogP contribution in [0.5, 0.6) is 0 Å². The van der Waals surface area contributed by atoms with Gasteiger partial charge in [-0.3, -0.25) is 0 Å². The highest BCUT2D eigenvalue weighted by atomic mass is 16.4. The van der Waals surface area contributed by atoms with Crippen LogP contribution in [0.25, 0.3) is 0 Å². The fourth-order valence-corrected chi connectivity index (χ4v) is 1.14. The number of aromatic carboxylic acids is 1. The second-order valence-electron chi connectivity index (χ2n) is 2.74. The first kappa shape index (κ1) is 9.74. The standard InChI is InChI=1S/C10H13NO2/c1-2-11-7-8-5-3-4-6-9(8)10(12)13/h3-6,11H,2,7H2,1H3,(H,12,13). The molecule has 70 valence electrons. The fourth-order valence-electron chi connectivity index (χ4n) is 1.14. The van der Waals surface area contributed by atoms with E-state index in [0.717, 1.165) is 12.1 Å². The number of rotatable bonds is 4. The topological polar surface area (TPSA) is 49.3 Å². The van der Waals surface area contributed by atoms with Gasteiger partial charge in [0.15, 0.2) is 0 Å². The van der Waals surface area contributed by atoms with Gasteiger partial charge in [-0.25, -0.2) is 4.79 Å². The molecule has 0 amide bonds. The van der Waals surface area contributed by atoms with Gasteiger partial charge in [-0.05, 0) is 18.2 Å². The molecule has 0 aliphatic rings. The molecule has 2 N–H and O–H groups in total. The van der Waals surface area contributed by atoms with Crippen LogP contribution in [0, 0.1) is 0 Å². The van der Waals surface area contributed by atoms with Crippen LogP contribution < -0.4 is 5.32 Å². The van der Waals surface area contributed by atoms with Gasteiger partial charge in [0.25, 0.3) is 0 Å². The normalized spacial score (nSPS) is 9.92. The summed E-state index contributed by atoms with van der Waals surface area (Å²) in [6, 6.07) is 7.03. The Hall–Kier alpha value is -1.35. The van der Waals surface area contributed by atoms with Gasteiger partial charge in [0.2, 0.25) is 0 Å². The first-order chi connectivity index (χ1) is 6.25. The molecular formula is C10H13NO2. The minimum Gasteiger partial charge on any atom is -0.478 e. The Morgan fingerprint density at radius 3 is 2.77 bits per heavy atom. The Morgan fingerprint density at radius 1 is 1.46 bits per heavy atom. The van der Waals surface area contributed by atoms with Gasteiger partial charge in [0, 0.05) is 6.54 Å². The lowest BCUT2D eigenvalue weighted by Gasteiger charge is -2.05. The molecule has 1 aromatic rings. The quantitative estimate of drug-likeness (QED) is 0.736. The Labute approximate surface area is 77.4 Å². The van der Waals surface area contributed by atoms with Crippen LogP contribution in [0.4, 0.5) is 0 Å². The molecule has 3 heteroatoms. The number of carboxylic acids is 1. The Kier molecular flexibility index (Phi) is 3.46. The number of hydrogen-bond donors (Lipinski definition) is 2. The van der Waals surface area contributed by atoms with Crippen molar-refractivity contribution in [2.24, 2.45) is 0 Å². The van der Waals surface area contributed by atoms with E-state index in [1.807, 2.05) is 19.1 Å². The van der Waals surface area contributed by atoms with Crippen molar-refractivity contribution in [2.45, 2.75) is 13.5 Å². The molecule has 13 heavy (non-hydrogen) atoms. The Balaban J connectivity index is 2.84. The fraction of sp³-hybridized carbons (Fsp3) is 0.300. The third kappa shape index (κ3) is 2.56.